The monoisotopic (exact) mass is 325 g/mol. The van der Waals surface area contributed by atoms with Gasteiger partial charge in [0.25, 0.3) is 5.91 Å². The molecule has 4 rings (SSSR count). The fourth-order valence-electron chi connectivity index (χ4n) is 3.34. The minimum absolute atomic E-state index is 0.161. The highest BCUT2D eigenvalue weighted by Crippen LogP contribution is 2.39. The third-order valence-electron chi connectivity index (χ3n) is 4.96. The van der Waals surface area contributed by atoms with Crippen molar-refractivity contribution >= 4 is 5.91 Å². The van der Waals surface area contributed by atoms with Crippen LogP contribution in [0.15, 0.2) is 36.4 Å². The molecule has 2 heterocycles. The van der Waals surface area contributed by atoms with Gasteiger partial charge in [-0.2, -0.15) is 5.10 Å². The Labute approximate surface area is 141 Å². The summed E-state index contributed by atoms with van der Waals surface area (Å²) in [5, 5.41) is 14.9. The molecule has 5 nitrogen and oxygen atoms in total. The molecule has 1 aliphatic heterocycles. The molecule has 1 fully saturated rings. The van der Waals surface area contributed by atoms with Crippen LogP contribution in [-0.4, -0.2) is 38.3 Å². The Bertz CT molecular complexity index is 721. The normalized spacial score (nSPS) is 18.3. The summed E-state index contributed by atoms with van der Waals surface area (Å²) in [6.07, 6.45) is 2.72. The van der Waals surface area contributed by atoms with Crippen LogP contribution in [0.4, 0.5) is 0 Å². The second kappa shape index (κ2) is 6.40. The van der Waals surface area contributed by atoms with E-state index in [1.54, 1.807) is 4.90 Å². The largest absolute Gasteiger partial charge is 0.383 e. The number of rotatable bonds is 5. The first-order chi connectivity index (χ1) is 11.7. The Balaban J connectivity index is 1.35. The molecule has 2 aliphatic rings. The first-order valence-corrected chi connectivity index (χ1v) is 8.78. The average molecular weight is 325 g/mol. The lowest BCUT2D eigenvalue weighted by Crippen LogP contribution is -2.43. The third kappa shape index (κ3) is 3.22. The van der Waals surface area contributed by atoms with Crippen molar-refractivity contribution in [2.45, 2.75) is 50.8 Å². The highest BCUT2D eigenvalue weighted by Gasteiger charge is 2.30. The van der Waals surface area contributed by atoms with E-state index in [1.165, 1.54) is 18.5 Å². The molecule has 0 spiro atoms. The summed E-state index contributed by atoms with van der Waals surface area (Å²) < 4.78 is 2.02. The summed E-state index contributed by atoms with van der Waals surface area (Å²) in [4.78, 5) is 14.3. The number of benzene rings is 1. The van der Waals surface area contributed by atoms with E-state index < -0.39 is 6.10 Å². The number of carbonyl (C=O) groups excluding carboxylic acids is 1. The lowest BCUT2D eigenvalue weighted by molar-refractivity contribution is -0.142. The Morgan fingerprint density at radius 2 is 2.04 bits per heavy atom. The maximum absolute atomic E-state index is 12.5. The van der Waals surface area contributed by atoms with Crippen molar-refractivity contribution in [1.82, 2.24) is 14.7 Å². The van der Waals surface area contributed by atoms with E-state index >= 15 is 0 Å². The Morgan fingerprint density at radius 3 is 2.79 bits per heavy atom. The van der Waals surface area contributed by atoms with Crippen molar-refractivity contribution in [2.75, 3.05) is 6.54 Å². The lowest BCUT2D eigenvalue weighted by Gasteiger charge is -2.29. The predicted octanol–water partition coefficient (Wildman–Crippen LogP) is 2.10. The summed E-state index contributed by atoms with van der Waals surface area (Å²) in [6.45, 7) is 1.90. The minimum Gasteiger partial charge on any atom is -0.383 e. The molecule has 2 aromatic rings. The standard InChI is InChI=1S/C19H23N3O2/c23-18(9-6-14-4-2-1-3-5-14)19(24)21-10-11-22-16(13-21)12-17(20-22)15-7-8-15/h1-5,12,15,18,23H,6-11,13H2. The number of aliphatic hydroxyl groups is 1. The van der Waals surface area contributed by atoms with Gasteiger partial charge in [-0.15, -0.1) is 0 Å². The van der Waals surface area contributed by atoms with Crippen LogP contribution < -0.4 is 0 Å². The fourth-order valence-corrected chi connectivity index (χ4v) is 3.34. The molecule has 1 saturated carbocycles. The number of aryl methyl sites for hydroxylation is 1. The SMILES string of the molecule is O=C(C(O)CCc1ccccc1)N1CCn2nc(C3CC3)cc2C1. The molecule has 5 heteroatoms. The van der Waals surface area contributed by atoms with E-state index in [0.29, 0.717) is 31.8 Å². The van der Waals surface area contributed by atoms with Crippen molar-refractivity contribution in [3.8, 4) is 0 Å². The lowest BCUT2D eigenvalue weighted by atomic mass is 10.1. The van der Waals surface area contributed by atoms with Crippen LogP contribution in [0.5, 0.6) is 0 Å². The molecule has 0 bridgehead atoms. The fraction of sp³-hybridized carbons (Fsp3) is 0.474. The number of aromatic nitrogens is 2. The summed E-state index contributed by atoms with van der Waals surface area (Å²) in [5.74, 6) is 0.468. The maximum atomic E-state index is 12.5. The zero-order chi connectivity index (χ0) is 16.5. The van der Waals surface area contributed by atoms with E-state index in [0.717, 1.165) is 17.8 Å². The second-order valence-corrected chi connectivity index (χ2v) is 6.86. The number of carbonyl (C=O) groups is 1. The van der Waals surface area contributed by atoms with Gasteiger partial charge in [-0.05, 0) is 37.3 Å². The van der Waals surface area contributed by atoms with E-state index in [1.807, 2.05) is 35.0 Å². The summed E-state index contributed by atoms with van der Waals surface area (Å²) >= 11 is 0. The van der Waals surface area contributed by atoms with Crippen molar-refractivity contribution in [3.05, 3.63) is 53.3 Å². The molecular formula is C19H23N3O2. The third-order valence-corrected chi connectivity index (χ3v) is 4.96. The minimum atomic E-state index is -0.928. The highest BCUT2D eigenvalue weighted by atomic mass is 16.3. The molecule has 1 amide bonds. The van der Waals surface area contributed by atoms with Crippen LogP contribution in [-0.2, 0) is 24.3 Å². The van der Waals surface area contributed by atoms with Gasteiger partial charge in [-0.3, -0.25) is 9.48 Å². The van der Waals surface area contributed by atoms with E-state index in [2.05, 4.69) is 11.2 Å². The Kier molecular flexibility index (Phi) is 4.10. The summed E-state index contributed by atoms with van der Waals surface area (Å²) in [5.41, 5.74) is 3.41. The van der Waals surface area contributed by atoms with Gasteiger partial charge >= 0.3 is 0 Å². The van der Waals surface area contributed by atoms with Gasteiger partial charge in [0.1, 0.15) is 6.10 Å². The number of nitrogens with zero attached hydrogens (tertiary/aromatic N) is 3. The molecule has 1 N–H and O–H groups in total. The van der Waals surface area contributed by atoms with Gasteiger partial charge in [0, 0.05) is 12.5 Å². The van der Waals surface area contributed by atoms with Crippen molar-refractivity contribution in [2.24, 2.45) is 0 Å². The summed E-state index contributed by atoms with van der Waals surface area (Å²) in [7, 11) is 0. The molecule has 1 aliphatic carbocycles. The van der Waals surface area contributed by atoms with Crippen LogP contribution in [0.1, 0.15) is 42.1 Å². The van der Waals surface area contributed by atoms with Gasteiger partial charge in [-0.25, -0.2) is 0 Å². The topological polar surface area (TPSA) is 58.4 Å². The maximum Gasteiger partial charge on any atom is 0.251 e. The van der Waals surface area contributed by atoms with Gasteiger partial charge in [-0.1, -0.05) is 30.3 Å². The van der Waals surface area contributed by atoms with Crippen molar-refractivity contribution in [3.63, 3.8) is 0 Å². The average Bonchev–Trinajstić information content (AvgIpc) is 3.38. The zero-order valence-electron chi connectivity index (χ0n) is 13.8. The Morgan fingerprint density at radius 1 is 1.25 bits per heavy atom. The van der Waals surface area contributed by atoms with Crippen LogP contribution >= 0.6 is 0 Å². The quantitative estimate of drug-likeness (QED) is 0.916. The number of hydrogen-bond donors (Lipinski definition) is 1. The molecule has 1 atom stereocenters. The molecular weight excluding hydrogens is 302 g/mol. The molecule has 24 heavy (non-hydrogen) atoms. The van der Waals surface area contributed by atoms with Gasteiger partial charge < -0.3 is 10.0 Å². The molecule has 0 saturated heterocycles. The second-order valence-electron chi connectivity index (χ2n) is 6.86. The van der Waals surface area contributed by atoms with Crippen LogP contribution in [0.25, 0.3) is 0 Å². The van der Waals surface area contributed by atoms with E-state index in [9.17, 15) is 9.90 Å². The first kappa shape index (κ1) is 15.4. The number of fused-ring (bicyclic) bond motifs is 1. The first-order valence-electron chi connectivity index (χ1n) is 8.78. The molecule has 126 valence electrons. The molecule has 0 radical (unpaired) electrons. The smallest absolute Gasteiger partial charge is 0.251 e. The number of aliphatic hydroxyl groups excluding tert-OH is 1. The van der Waals surface area contributed by atoms with Crippen molar-refractivity contribution < 1.29 is 9.90 Å². The Hall–Kier alpha value is -2.14. The van der Waals surface area contributed by atoms with Gasteiger partial charge in [0.2, 0.25) is 0 Å². The molecule has 1 aromatic carbocycles. The number of hydrogen-bond acceptors (Lipinski definition) is 3. The summed E-state index contributed by atoms with van der Waals surface area (Å²) in [6, 6.07) is 12.1. The van der Waals surface area contributed by atoms with Crippen LogP contribution in [0.2, 0.25) is 0 Å². The predicted molar refractivity (Wildman–Crippen MR) is 90.4 cm³/mol. The van der Waals surface area contributed by atoms with E-state index in [4.69, 9.17) is 0 Å². The highest BCUT2D eigenvalue weighted by molar-refractivity contribution is 5.80. The molecule has 1 aromatic heterocycles. The van der Waals surface area contributed by atoms with Gasteiger partial charge in [0.05, 0.1) is 24.5 Å². The zero-order valence-corrected chi connectivity index (χ0v) is 13.8. The molecule has 1 unspecified atom stereocenters. The van der Waals surface area contributed by atoms with Gasteiger partial charge in [0.15, 0.2) is 0 Å². The van der Waals surface area contributed by atoms with Crippen molar-refractivity contribution in [1.29, 1.82) is 0 Å². The van der Waals surface area contributed by atoms with E-state index in [-0.39, 0.29) is 5.91 Å². The number of amides is 1. The van der Waals surface area contributed by atoms with Crippen LogP contribution in [0.3, 0.4) is 0 Å². The van der Waals surface area contributed by atoms with Crippen LogP contribution in [0, 0.1) is 0 Å².